The maximum Gasteiger partial charge on any atom is 0.307 e. The van der Waals surface area contributed by atoms with Gasteiger partial charge in [-0.15, -0.1) is 0 Å². The van der Waals surface area contributed by atoms with Crippen LogP contribution in [-0.2, 0) is 45.1 Å². The summed E-state index contributed by atoms with van der Waals surface area (Å²) in [5, 5.41) is 55.9. The van der Waals surface area contributed by atoms with Crippen molar-refractivity contribution in [3.63, 3.8) is 0 Å². The van der Waals surface area contributed by atoms with Crippen LogP contribution in [0.15, 0.2) is 48.5 Å². The number of nitrogens with one attached hydrogen (secondary N) is 4. The lowest BCUT2D eigenvalue weighted by Crippen LogP contribution is -3.10. The number of carbonyl (C=O) groups is 4. The molecule has 2 aromatic carbocycles. The monoisotopic (exact) mass is 1040 g/mol. The second kappa shape index (κ2) is 16.8. The number of benzene rings is 2. The molecule has 4 heterocycles. The van der Waals surface area contributed by atoms with Gasteiger partial charge >= 0.3 is 23.9 Å². The summed E-state index contributed by atoms with van der Waals surface area (Å²) < 4.78 is 0. The minimum absolute atomic E-state index is 0.126. The van der Waals surface area contributed by atoms with Gasteiger partial charge in [-0.2, -0.15) is 0 Å². The van der Waals surface area contributed by atoms with Gasteiger partial charge in [0, 0.05) is 39.3 Å². The third-order valence-electron chi connectivity index (χ3n) is 26.5. The number of rotatable bonds is 27. The van der Waals surface area contributed by atoms with Gasteiger partial charge in [0.15, 0.2) is 0 Å². The molecule has 14 nitrogen and oxygen atoms in total. The first-order valence-corrected chi connectivity index (χ1v) is 30.3. The molecule has 18 rings (SSSR count). The fraction of sp³-hybridized carbons (Fsp3) is 0.742. The van der Waals surface area contributed by atoms with Gasteiger partial charge in [0.05, 0.1) is 23.7 Å². The number of carboxylic acids is 4. The van der Waals surface area contributed by atoms with Crippen LogP contribution in [0.1, 0.15) is 60.8 Å². The van der Waals surface area contributed by atoms with E-state index in [-0.39, 0.29) is 57.2 Å². The third kappa shape index (κ3) is 5.95. The summed E-state index contributed by atoms with van der Waals surface area (Å²) >= 11 is 0. The van der Waals surface area contributed by atoms with Crippen LogP contribution >= 0.6 is 0 Å². The SMILES string of the molecule is O=C(O)C(CC12C3C4C5C3C1C5(CN(CCN(Cc1cccc(C[C@H](C(=O)O)[C@H]3CCNC3)c1)CC13C5C6C7C5C1C7(C[C@H](C(=O)O)[C@H]1CCNC1)C63)Cc1cccc(C[C@H](C(=O)O)[C@H]3CCNC3)c1)C42)[C@H]1CCNC1. The van der Waals surface area contributed by atoms with Gasteiger partial charge in [-0.25, -0.2) is 0 Å². The molecular weight excluding hydrogens is 957 g/mol. The van der Waals surface area contributed by atoms with Crippen molar-refractivity contribution in [2.24, 2.45) is 140 Å². The van der Waals surface area contributed by atoms with Gasteiger partial charge in [0.1, 0.15) is 0 Å². The predicted octanol–water partition coefficient (Wildman–Crippen LogP) is 4.57. The molecule has 12 saturated carbocycles. The van der Waals surface area contributed by atoms with E-state index in [0.29, 0.717) is 36.5 Å². The topological polar surface area (TPSA) is 204 Å². The minimum Gasteiger partial charge on any atom is -0.481 e. The summed E-state index contributed by atoms with van der Waals surface area (Å²) in [4.78, 5) is 56.9. The molecule has 4 saturated heterocycles. The summed E-state index contributed by atoms with van der Waals surface area (Å²) in [6.07, 6.45) is 6.47. The Morgan fingerprint density at radius 1 is 0.461 bits per heavy atom. The molecule has 406 valence electrons. The van der Waals surface area contributed by atoms with Crippen molar-refractivity contribution in [1.29, 1.82) is 0 Å². The molecule has 2 aromatic rings. The van der Waals surface area contributed by atoms with Gasteiger partial charge in [-0.1, -0.05) is 48.5 Å². The van der Waals surface area contributed by atoms with Crippen molar-refractivity contribution in [2.75, 3.05) is 78.5 Å². The van der Waals surface area contributed by atoms with Crippen LogP contribution < -0.4 is 21.3 Å². The van der Waals surface area contributed by atoms with Crippen LogP contribution in [0.2, 0.25) is 0 Å². The number of hydrogen-bond donors (Lipinski definition) is 8. The fourth-order valence-corrected chi connectivity index (χ4v) is 24.6. The van der Waals surface area contributed by atoms with E-state index < -0.39 is 35.7 Å². The van der Waals surface area contributed by atoms with E-state index >= 15 is 0 Å². The summed E-state index contributed by atoms with van der Waals surface area (Å²) in [6, 6.07) is 17.6. The molecule has 16 fully saturated rings. The largest absolute Gasteiger partial charge is 0.481 e. The molecule has 9 unspecified atom stereocenters. The highest BCUT2D eigenvalue weighted by atomic mass is 16.4. The van der Waals surface area contributed by atoms with Crippen LogP contribution in [-0.4, -0.2) is 133 Å². The molecule has 16 atom stereocenters. The minimum atomic E-state index is -0.711. The van der Waals surface area contributed by atoms with Crippen molar-refractivity contribution in [3.8, 4) is 0 Å². The molecule has 16 aliphatic rings. The van der Waals surface area contributed by atoms with E-state index in [1.165, 1.54) is 11.1 Å². The molecule has 0 aromatic heterocycles. The average molecular weight is 1040 g/mol. The smallest absolute Gasteiger partial charge is 0.307 e. The van der Waals surface area contributed by atoms with E-state index in [1.807, 2.05) is 0 Å². The van der Waals surface area contributed by atoms with Crippen LogP contribution in [0.3, 0.4) is 0 Å². The number of carboxylic acid groups (broad SMARTS) is 4. The molecule has 0 amide bonds. The Bertz CT molecular complexity index is 2520. The van der Waals surface area contributed by atoms with Crippen molar-refractivity contribution < 1.29 is 39.6 Å². The highest BCUT2D eigenvalue weighted by Crippen LogP contribution is 3.12. The van der Waals surface area contributed by atoms with Gasteiger partial charge in [-0.05, 0) is 242 Å². The molecular formula is C62H80N6O8. The van der Waals surface area contributed by atoms with E-state index in [1.54, 1.807) is 0 Å². The van der Waals surface area contributed by atoms with Crippen LogP contribution in [0.25, 0.3) is 0 Å². The lowest BCUT2D eigenvalue weighted by molar-refractivity contribution is -0.662. The Hall–Kier alpha value is -3.92. The van der Waals surface area contributed by atoms with Crippen molar-refractivity contribution in [1.82, 2.24) is 31.1 Å². The first kappa shape index (κ1) is 48.0. The number of hydrogen-bond acceptors (Lipinski definition) is 10. The summed E-state index contributed by atoms with van der Waals surface area (Å²) in [6.45, 7) is 12.1. The zero-order valence-corrected chi connectivity index (χ0v) is 44.0. The van der Waals surface area contributed by atoms with Gasteiger partial charge in [-0.3, -0.25) is 29.0 Å². The van der Waals surface area contributed by atoms with E-state index in [2.05, 4.69) is 79.6 Å². The average Bonchev–Trinajstić information content (AvgIpc) is 1.36. The summed E-state index contributed by atoms with van der Waals surface area (Å²) in [5.41, 5.74) is 5.65. The fourth-order valence-electron chi connectivity index (χ4n) is 24.6. The Balaban J connectivity index is 0.690. The number of aliphatic carboxylic acids is 4. The Morgan fingerprint density at radius 3 is 1.09 bits per heavy atom. The lowest BCUT2D eigenvalue weighted by Gasteiger charge is -3.12. The number of nitrogens with zero attached hydrogens (tertiary/aromatic N) is 2. The first-order valence-electron chi connectivity index (χ1n) is 30.3. The van der Waals surface area contributed by atoms with E-state index in [9.17, 15) is 39.6 Å². The van der Waals surface area contributed by atoms with E-state index in [4.69, 9.17) is 0 Å². The van der Waals surface area contributed by atoms with Crippen molar-refractivity contribution in [3.05, 3.63) is 70.8 Å². The maximum absolute atomic E-state index is 13.0. The molecule has 14 heteroatoms. The molecule has 0 bridgehead atoms. The lowest BCUT2D eigenvalue weighted by atomic mass is 8.91. The quantitative estimate of drug-likeness (QED) is 0.0618. The Kier molecular flexibility index (Phi) is 10.6. The molecule has 8 N–H and O–H groups in total. The third-order valence-corrected chi connectivity index (χ3v) is 26.5. The van der Waals surface area contributed by atoms with Crippen LogP contribution in [0.5, 0.6) is 0 Å². The highest BCUT2D eigenvalue weighted by Gasteiger charge is 3.10. The Labute approximate surface area is 446 Å². The van der Waals surface area contributed by atoms with Gasteiger partial charge in [0.2, 0.25) is 0 Å². The van der Waals surface area contributed by atoms with Crippen molar-refractivity contribution in [2.45, 2.75) is 64.5 Å². The van der Waals surface area contributed by atoms with Crippen molar-refractivity contribution >= 4 is 23.9 Å². The zero-order chi connectivity index (χ0) is 51.4. The second-order valence-corrected chi connectivity index (χ2v) is 28.4. The summed E-state index contributed by atoms with van der Waals surface area (Å²) in [5.74, 6) is 5.47. The molecule has 0 radical (unpaired) electrons. The Morgan fingerprint density at radius 2 is 0.776 bits per heavy atom. The first-order chi connectivity index (χ1) is 36.9. The van der Waals surface area contributed by atoms with Gasteiger partial charge < -0.3 is 41.7 Å². The van der Waals surface area contributed by atoms with Crippen LogP contribution in [0, 0.1) is 140 Å². The predicted molar refractivity (Wildman–Crippen MR) is 280 cm³/mol. The highest BCUT2D eigenvalue weighted by molar-refractivity contribution is 5.73. The normalized spacial score (nSPS) is 46.0. The molecule has 12 aliphatic carbocycles. The molecule has 4 aliphatic heterocycles. The maximum atomic E-state index is 13.0. The second-order valence-electron chi connectivity index (χ2n) is 28.4. The molecule has 76 heavy (non-hydrogen) atoms. The standard InChI is InChI=1S/C62H80N6O8/c69-55(70)39(35-7-11-63-23-35)19-31-3-1-5-33(17-31)27-67(29-61-49-43-47-44(49)52(61)59(47,51(43)61)21-41(57(73)74)37-9-13-65-25-37)15-16-68(28-34-6-2-4-32(18-34)20-40(56(71)72)36-8-12-64-24-36)30-62-50-45-48-46(50)54(62)60(48,53(45)62)22-42(58(75)76)38-10-14-66-26-38/h1-6,17-18,35-54,63-66H,7-16,19-30H2,(H,69,70)(H,71,72)(H,73,74)(H,75,76)/t35-,36-,37-,38-,39-,40-,41-,42?,43?,44?,45?,46?,47?,48?,49?,50?,51?,52?,53?,54?,59?,60?,61?,62?/m0/s1. The summed E-state index contributed by atoms with van der Waals surface area (Å²) in [7, 11) is 0. The van der Waals surface area contributed by atoms with Gasteiger partial charge in [0.25, 0.3) is 0 Å². The zero-order valence-electron chi connectivity index (χ0n) is 44.0. The van der Waals surface area contributed by atoms with Crippen LogP contribution in [0.4, 0.5) is 0 Å². The molecule has 0 spiro atoms. The van der Waals surface area contributed by atoms with E-state index in [0.717, 1.165) is 189 Å².